The van der Waals surface area contributed by atoms with Crippen LogP contribution in [0.4, 0.5) is 5.69 Å². The Morgan fingerprint density at radius 2 is 2.17 bits per heavy atom. The molecule has 6 heteroatoms. The molecule has 134 valence electrons. The largest absolute Gasteiger partial charge is 0.339 e. The van der Waals surface area contributed by atoms with Gasteiger partial charge in [-0.1, -0.05) is 12.1 Å². The van der Waals surface area contributed by atoms with Crippen LogP contribution < -0.4 is 10.6 Å². The number of nitrogens with one attached hydrogen (secondary N) is 2. The second-order valence-electron chi connectivity index (χ2n) is 6.18. The van der Waals surface area contributed by atoms with Gasteiger partial charge in [-0.2, -0.15) is 0 Å². The van der Waals surface area contributed by atoms with E-state index in [4.69, 9.17) is 0 Å². The summed E-state index contributed by atoms with van der Waals surface area (Å²) < 4.78 is 0. The average molecular weight is 354 g/mol. The first kappa shape index (κ1) is 20.5. The molecule has 1 unspecified atom stereocenters. The van der Waals surface area contributed by atoms with Gasteiger partial charge in [0.15, 0.2) is 0 Å². The second kappa shape index (κ2) is 10.3. The van der Waals surface area contributed by atoms with Gasteiger partial charge in [0.2, 0.25) is 11.8 Å². The van der Waals surface area contributed by atoms with Crippen LogP contribution in [-0.2, 0) is 16.1 Å². The molecule has 0 bridgehead atoms. The van der Waals surface area contributed by atoms with Gasteiger partial charge in [-0.3, -0.25) is 9.59 Å². The SMILES string of the molecule is CCN(Cc1cccc(NC(=O)CCC2CCNC2)c1)C(C)=O.Cl. The highest BCUT2D eigenvalue weighted by molar-refractivity contribution is 5.90. The summed E-state index contributed by atoms with van der Waals surface area (Å²) in [5, 5.41) is 6.29. The topological polar surface area (TPSA) is 61.4 Å². The van der Waals surface area contributed by atoms with E-state index in [1.54, 1.807) is 11.8 Å². The third-order valence-corrected chi connectivity index (χ3v) is 4.35. The molecule has 0 saturated carbocycles. The first-order chi connectivity index (χ1) is 11.1. The highest BCUT2D eigenvalue weighted by atomic mass is 35.5. The number of benzene rings is 1. The number of rotatable bonds is 7. The fraction of sp³-hybridized carbons (Fsp3) is 0.556. The van der Waals surface area contributed by atoms with Gasteiger partial charge in [0.25, 0.3) is 0 Å². The van der Waals surface area contributed by atoms with Crippen molar-refractivity contribution in [1.82, 2.24) is 10.2 Å². The molecule has 1 saturated heterocycles. The van der Waals surface area contributed by atoms with E-state index in [1.165, 1.54) is 6.42 Å². The zero-order chi connectivity index (χ0) is 16.7. The number of nitrogens with zero attached hydrogens (tertiary/aromatic N) is 1. The van der Waals surface area contributed by atoms with E-state index in [0.29, 0.717) is 25.4 Å². The molecule has 1 fully saturated rings. The summed E-state index contributed by atoms with van der Waals surface area (Å²) in [4.78, 5) is 25.3. The smallest absolute Gasteiger partial charge is 0.224 e. The third-order valence-electron chi connectivity index (χ3n) is 4.35. The molecule has 1 heterocycles. The number of amides is 2. The molecule has 1 aromatic rings. The molecule has 5 nitrogen and oxygen atoms in total. The quantitative estimate of drug-likeness (QED) is 0.792. The molecule has 0 spiro atoms. The van der Waals surface area contributed by atoms with Crippen molar-refractivity contribution in [2.24, 2.45) is 5.92 Å². The Morgan fingerprint density at radius 1 is 1.38 bits per heavy atom. The number of hydrogen-bond donors (Lipinski definition) is 2. The lowest BCUT2D eigenvalue weighted by Gasteiger charge is -2.19. The molecule has 2 amide bonds. The summed E-state index contributed by atoms with van der Waals surface area (Å²) >= 11 is 0. The fourth-order valence-electron chi connectivity index (χ4n) is 2.93. The van der Waals surface area contributed by atoms with Crippen molar-refractivity contribution in [2.45, 2.75) is 39.7 Å². The standard InChI is InChI=1S/C18H27N3O2.ClH/c1-3-21(14(2)22)13-16-5-4-6-17(11-16)20-18(23)8-7-15-9-10-19-12-15;/h4-6,11,15,19H,3,7-10,12-13H2,1-2H3,(H,20,23);1H. The maximum absolute atomic E-state index is 12.1. The number of halogens is 1. The average Bonchev–Trinajstić information content (AvgIpc) is 3.04. The van der Waals surface area contributed by atoms with Gasteiger partial charge in [-0.05, 0) is 56.5 Å². The molecule has 1 aromatic carbocycles. The van der Waals surface area contributed by atoms with Crippen LogP contribution in [0.15, 0.2) is 24.3 Å². The predicted molar refractivity (Wildman–Crippen MR) is 99.3 cm³/mol. The maximum atomic E-state index is 12.1. The van der Waals surface area contributed by atoms with Crippen molar-refractivity contribution in [3.05, 3.63) is 29.8 Å². The van der Waals surface area contributed by atoms with E-state index in [2.05, 4.69) is 10.6 Å². The Hall–Kier alpha value is -1.59. The van der Waals surface area contributed by atoms with E-state index >= 15 is 0 Å². The van der Waals surface area contributed by atoms with Crippen molar-refractivity contribution in [1.29, 1.82) is 0 Å². The van der Waals surface area contributed by atoms with Crippen LogP contribution in [0, 0.1) is 5.92 Å². The van der Waals surface area contributed by atoms with Crippen molar-refractivity contribution >= 4 is 29.9 Å². The van der Waals surface area contributed by atoms with E-state index in [0.717, 1.165) is 30.8 Å². The Morgan fingerprint density at radius 3 is 2.79 bits per heavy atom. The van der Waals surface area contributed by atoms with Crippen molar-refractivity contribution in [3.63, 3.8) is 0 Å². The molecule has 1 aliphatic rings. The first-order valence-electron chi connectivity index (χ1n) is 8.43. The lowest BCUT2D eigenvalue weighted by Crippen LogP contribution is -2.27. The van der Waals surface area contributed by atoms with Crippen LogP contribution in [0.2, 0.25) is 0 Å². The molecular weight excluding hydrogens is 326 g/mol. The molecule has 0 aliphatic carbocycles. The van der Waals surface area contributed by atoms with Gasteiger partial charge in [-0.15, -0.1) is 12.4 Å². The van der Waals surface area contributed by atoms with Crippen LogP contribution in [-0.4, -0.2) is 36.3 Å². The summed E-state index contributed by atoms with van der Waals surface area (Å²) in [7, 11) is 0. The monoisotopic (exact) mass is 353 g/mol. The van der Waals surface area contributed by atoms with E-state index in [-0.39, 0.29) is 24.2 Å². The number of carbonyl (C=O) groups is 2. The van der Waals surface area contributed by atoms with E-state index in [9.17, 15) is 9.59 Å². The molecule has 1 atom stereocenters. The minimum absolute atomic E-state index is 0. The minimum Gasteiger partial charge on any atom is -0.339 e. The Bertz CT molecular complexity index is 545. The van der Waals surface area contributed by atoms with Crippen LogP contribution in [0.1, 0.15) is 38.7 Å². The van der Waals surface area contributed by atoms with Gasteiger partial charge >= 0.3 is 0 Å². The lowest BCUT2D eigenvalue weighted by molar-refractivity contribution is -0.129. The lowest BCUT2D eigenvalue weighted by atomic mass is 10.0. The predicted octanol–water partition coefficient (Wildman–Crippen LogP) is 2.81. The third kappa shape index (κ3) is 6.49. The van der Waals surface area contributed by atoms with Gasteiger partial charge in [0.1, 0.15) is 0 Å². The molecule has 1 aliphatic heterocycles. The Labute approximate surface area is 150 Å². The number of carbonyl (C=O) groups excluding carboxylic acids is 2. The Kier molecular flexibility index (Phi) is 8.79. The van der Waals surface area contributed by atoms with Gasteiger partial charge in [0, 0.05) is 32.1 Å². The molecule has 2 N–H and O–H groups in total. The van der Waals surface area contributed by atoms with Crippen LogP contribution >= 0.6 is 12.4 Å². The summed E-state index contributed by atoms with van der Waals surface area (Å²) in [6, 6.07) is 7.73. The maximum Gasteiger partial charge on any atom is 0.224 e. The Balaban J connectivity index is 0.00000288. The summed E-state index contributed by atoms with van der Waals surface area (Å²) in [6.07, 6.45) is 2.66. The number of anilines is 1. The van der Waals surface area contributed by atoms with Crippen molar-refractivity contribution in [3.8, 4) is 0 Å². The van der Waals surface area contributed by atoms with E-state index in [1.807, 2.05) is 31.2 Å². The summed E-state index contributed by atoms with van der Waals surface area (Å²) in [5.41, 5.74) is 1.83. The molecule has 24 heavy (non-hydrogen) atoms. The van der Waals surface area contributed by atoms with Crippen molar-refractivity contribution in [2.75, 3.05) is 25.0 Å². The van der Waals surface area contributed by atoms with Gasteiger partial charge < -0.3 is 15.5 Å². The molecule has 0 aromatic heterocycles. The summed E-state index contributed by atoms with van der Waals surface area (Å²) in [6.45, 7) is 6.89. The van der Waals surface area contributed by atoms with Gasteiger partial charge in [0.05, 0.1) is 0 Å². The second-order valence-corrected chi connectivity index (χ2v) is 6.18. The highest BCUT2D eigenvalue weighted by Gasteiger charge is 2.15. The van der Waals surface area contributed by atoms with Crippen LogP contribution in [0.5, 0.6) is 0 Å². The minimum atomic E-state index is 0. The van der Waals surface area contributed by atoms with Crippen LogP contribution in [0.3, 0.4) is 0 Å². The zero-order valence-electron chi connectivity index (χ0n) is 14.5. The molecule has 0 radical (unpaired) electrons. The zero-order valence-corrected chi connectivity index (χ0v) is 15.3. The van der Waals surface area contributed by atoms with Crippen molar-refractivity contribution < 1.29 is 9.59 Å². The fourth-order valence-corrected chi connectivity index (χ4v) is 2.93. The summed E-state index contributed by atoms with van der Waals surface area (Å²) in [5.74, 6) is 0.751. The highest BCUT2D eigenvalue weighted by Crippen LogP contribution is 2.16. The molecular formula is C18H28ClN3O2. The first-order valence-corrected chi connectivity index (χ1v) is 8.43. The van der Waals surface area contributed by atoms with E-state index < -0.39 is 0 Å². The van der Waals surface area contributed by atoms with Crippen LogP contribution in [0.25, 0.3) is 0 Å². The molecule has 2 rings (SSSR count). The van der Waals surface area contributed by atoms with Gasteiger partial charge in [-0.25, -0.2) is 0 Å². The number of hydrogen-bond acceptors (Lipinski definition) is 3. The normalized spacial score (nSPS) is 16.3.